The van der Waals surface area contributed by atoms with Crippen molar-refractivity contribution in [3.8, 4) is 11.5 Å². The number of esters is 3. The molecule has 0 N–H and O–H groups in total. The number of hydrogen-bond donors (Lipinski definition) is 0. The number of aryl methyl sites for hydroxylation is 1. The van der Waals surface area contributed by atoms with Crippen LogP contribution in [0.25, 0.3) is 0 Å². The number of rotatable bonds is 15. The molecule has 0 aliphatic rings. The maximum atomic E-state index is 12.5. The Balaban J connectivity index is 1.42. The van der Waals surface area contributed by atoms with E-state index in [9.17, 15) is 14.4 Å². The molecule has 39 heavy (non-hydrogen) atoms. The van der Waals surface area contributed by atoms with Crippen molar-refractivity contribution >= 4 is 29.7 Å². The van der Waals surface area contributed by atoms with Crippen LogP contribution in [0.2, 0.25) is 0 Å². The van der Waals surface area contributed by atoms with Gasteiger partial charge in [0.05, 0.1) is 17.7 Å². The Morgan fingerprint density at radius 1 is 0.744 bits per heavy atom. The first-order valence-electron chi connectivity index (χ1n) is 13.1. The van der Waals surface area contributed by atoms with Gasteiger partial charge in [0.2, 0.25) is 0 Å². The Morgan fingerprint density at radius 2 is 1.31 bits per heavy atom. The lowest BCUT2D eigenvalue weighted by atomic mass is 10.1. The highest BCUT2D eigenvalue weighted by Gasteiger charge is 2.12. The van der Waals surface area contributed by atoms with Crippen LogP contribution in [0.5, 0.6) is 11.5 Å². The highest BCUT2D eigenvalue weighted by atomic mass is 32.2. The fourth-order valence-electron chi connectivity index (χ4n) is 3.61. The zero-order valence-corrected chi connectivity index (χ0v) is 23.0. The number of benzene rings is 3. The van der Waals surface area contributed by atoms with Gasteiger partial charge in [0.1, 0.15) is 11.5 Å². The highest BCUT2D eigenvalue weighted by Crippen LogP contribution is 2.22. The molecule has 204 valence electrons. The van der Waals surface area contributed by atoms with Crippen molar-refractivity contribution in [1.82, 2.24) is 0 Å². The van der Waals surface area contributed by atoms with Crippen molar-refractivity contribution < 1.29 is 28.6 Å². The molecule has 0 bridgehead atoms. The van der Waals surface area contributed by atoms with E-state index in [4.69, 9.17) is 14.2 Å². The summed E-state index contributed by atoms with van der Waals surface area (Å²) in [6.07, 6.45) is 7.38. The number of carbonyl (C=O) groups is 3. The molecule has 0 aromatic heterocycles. The van der Waals surface area contributed by atoms with Crippen LogP contribution in [0.15, 0.2) is 90.3 Å². The molecule has 0 spiro atoms. The zero-order valence-electron chi connectivity index (χ0n) is 22.2. The van der Waals surface area contributed by atoms with E-state index in [1.54, 1.807) is 48.2 Å². The van der Waals surface area contributed by atoms with Gasteiger partial charge in [-0.25, -0.2) is 14.4 Å². The van der Waals surface area contributed by atoms with Crippen LogP contribution >= 0.6 is 11.8 Å². The number of unbranched alkanes of at least 4 members (excludes halogenated alkanes) is 3. The van der Waals surface area contributed by atoms with Crippen molar-refractivity contribution in [2.24, 2.45) is 0 Å². The van der Waals surface area contributed by atoms with Gasteiger partial charge in [-0.15, -0.1) is 11.8 Å². The second kappa shape index (κ2) is 16.2. The van der Waals surface area contributed by atoms with E-state index in [0.29, 0.717) is 29.2 Å². The lowest BCUT2D eigenvalue weighted by Gasteiger charge is -2.08. The van der Waals surface area contributed by atoms with E-state index >= 15 is 0 Å². The van der Waals surface area contributed by atoms with Gasteiger partial charge in [-0.3, -0.25) is 0 Å². The maximum Gasteiger partial charge on any atom is 0.343 e. The molecular weight excluding hydrogens is 512 g/mol. The van der Waals surface area contributed by atoms with Crippen molar-refractivity contribution in [2.45, 2.75) is 50.3 Å². The Bertz CT molecular complexity index is 1220. The van der Waals surface area contributed by atoms with Crippen LogP contribution in [0.1, 0.15) is 65.3 Å². The first kappa shape index (κ1) is 29.7. The molecule has 0 unspecified atom stereocenters. The summed E-state index contributed by atoms with van der Waals surface area (Å²) in [6, 6.07) is 21.1. The molecule has 0 saturated heterocycles. The van der Waals surface area contributed by atoms with Crippen LogP contribution in [0.3, 0.4) is 0 Å². The molecule has 0 heterocycles. The Kier molecular flexibility index (Phi) is 12.3. The molecule has 0 fully saturated rings. The molecule has 7 heteroatoms. The molecule has 6 nitrogen and oxygen atoms in total. The minimum Gasteiger partial charge on any atom is -0.463 e. The van der Waals surface area contributed by atoms with Gasteiger partial charge in [-0.2, -0.15) is 0 Å². The molecule has 0 radical (unpaired) electrons. The van der Waals surface area contributed by atoms with Crippen molar-refractivity contribution in [2.75, 3.05) is 12.4 Å². The molecule has 0 amide bonds. The summed E-state index contributed by atoms with van der Waals surface area (Å²) in [5.41, 5.74) is 2.02. The van der Waals surface area contributed by atoms with E-state index < -0.39 is 17.9 Å². The number of carbonyl (C=O) groups excluding carboxylic acids is 3. The lowest BCUT2D eigenvalue weighted by Crippen LogP contribution is -2.10. The predicted molar refractivity (Wildman–Crippen MR) is 154 cm³/mol. The normalized spacial score (nSPS) is 10.5. The predicted octanol–water partition coefficient (Wildman–Crippen LogP) is 7.46. The van der Waals surface area contributed by atoms with Gasteiger partial charge in [-0.1, -0.05) is 38.5 Å². The molecule has 0 aliphatic heterocycles. The van der Waals surface area contributed by atoms with Crippen molar-refractivity contribution in [3.63, 3.8) is 0 Å². The van der Waals surface area contributed by atoms with Gasteiger partial charge in [0.25, 0.3) is 0 Å². The summed E-state index contributed by atoms with van der Waals surface area (Å²) in [7, 11) is 0. The Hall–Kier alpha value is -3.84. The third kappa shape index (κ3) is 10.4. The average molecular weight is 547 g/mol. The second-order valence-electron chi connectivity index (χ2n) is 8.86. The lowest BCUT2D eigenvalue weighted by molar-refractivity contribution is -0.137. The van der Waals surface area contributed by atoms with Gasteiger partial charge >= 0.3 is 17.9 Å². The van der Waals surface area contributed by atoms with Gasteiger partial charge < -0.3 is 14.2 Å². The average Bonchev–Trinajstić information content (AvgIpc) is 2.96. The largest absolute Gasteiger partial charge is 0.463 e. The molecule has 0 saturated carbocycles. The van der Waals surface area contributed by atoms with Crippen LogP contribution in [0, 0.1) is 0 Å². The van der Waals surface area contributed by atoms with Gasteiger partial charge in [-0.05, 0) is 97.7 Å². The smallest absolute Gasteiger partial charge is 0.343 e. The van der Waals surface area contributed by atoms with E-state index in [0.717, 1.165) is 42.4 Å². The molecule has 3 rings (SSSR count). The summed E-state index contributed by atoms with van der Waals surface area (Å²) >= 11 is 1.66. The summed E-state index contributed by atoms with van der Waals surface area (Å²) in [5.74, 6) is 0.337. The monoisotopic (exact) mass is 546 g/mol. The van der Waals surface area contributed by atoms with E-state index in [-0.39, 0.29) is 0 Å². The number of ether oxygens (including phenoxy) is 3. The summed E-state index contributed by atoms with van der Waals surface area (Å²) < 4.78 is 15.9. The zero-order chi connectivity index (χ0) is 27.9. The van der Waals surface area contributed by atoms with Crippen molar-refractivity contribution in [1.29, 1.82) is 0 Å². The quantitative estimate of drug-likeness (QED) is 0.0643. The first-order chi connectivity index (χ1) is 19.0. The van der Waals surface area contributed by atoms with Crippen LogP contribution < -0.4 is 9.47 Å². The summed E-state index contributed by atoms with van der Waals surface area (Å²) in [4.78, 5) is 37.1. The van der Waals surface area contributed by atoms with Crippen LogP contribution in [-0.2, 0) is 16.0 Å². The molecule has 3 aromatic carbocycles. The topological polar surface area (TPSA) is 78.9 Å². The summed E-state index contributed by atoms with van der Waals surface area (Å²) in [6.45, 7) is 5.92. The fraction of sp³-hybridized carbons (Fsp3) is 0.281. The van der Waals surface area contributed by atoms with Crippen LogP contribution in [0.4, 0.5) is 0 Å². The Labute approximate surface area is 234 Å². The third-order valence-electron chi connectivity index (χ3n) is 5.81. The molecule has 3 aromatic rings. The number of hydrogen-bond acceptors (Lipinski definition) is 7. The summed E-state index contributed by atoms with van der Waals surface area (Å²) in [5, 5.41) is 0. The maximum absolute atomic E-state index is 12.5. The van der Waals surface area contributed by atoms with Crippen molar-refractivity contribution in [3.05, 3.63) is 102 Å². The van der Waals surface area contributed by atoms with Crippen LogP contribution in [-0.4, -0.2) is 30.3 Å². The highest BCUT2D eigenvalue weighted by molar-refractivity contribution is 7.99. The van der Waals surface area contributed by atoms with E-state index in [1.807, 2.05) is 36.4 Å². The van der Waals surface area contributed by atoms with Gasteiger partial charge in [0, 0.05) is 11.0 Å². The third-order valence-corrected chi connectivity index (χ3v) is 6.91. The molecule has 0 atom stereocenters. The molecular formula is C32H34O6S. The minimum atomic E-state index is -0.482. The number of thioether (sulfide) groups is 1. The van der Waals surface area contributed by atoms with E-state index in [1.165, 1.54) is 18.4 Å². The van der Waals surface area contributed by atoms with Gasteiger partial charge in [0.15, 0.2) is 0 Å². The second-order valence-corrected chi connectivity index (χ2v) is 10.0. The SMILES string of the molecule is C=CC(=O)OCCCCSc1ccc(C(=O)Oc2ccc(C(=O)Oc3ccc(CCCCC)cc3)cc2)cc1. The van der Waals surface area contributed by atoms with E-state index in [2.05, 4.69) is 13.5 Å². The molecule has 0 aliphatic carbocycles. The standard InChI is InChI=1S/C32H34O6S/c1-3-5-6-9-24-10-16-27(17-11-24)37-31(34)25-12-18-28(19-13-25)38-32(35)26-14-20-29(21-15-26)39-23-8-7-22-36-30(33)4-2/h4,10-21H,2-3,5-9,22-23H2,1H3. The Morgan fingerprint density at radius 3 is 1.87 bits per heavy atom. The first-order valence-corrected chi connectivity index (χ1v) is 14.1. The minimum absolute atomic E-state index is 0.337. The fourth-order valence-corrected chi connectivity index (χ4v) is 4.52.